The number of carbonyl (C=O) groups excluding carboxylic acids is 1. The Hall–Kier alpha value is -2.56. The maximum atomic E-state index is 12.9. The lowest BCUT2D eigenvalue weighted by molar-refractivity contribution is -0.116. The van der Waals surface area contributed by atoms with Gasteiger partial charge in [-0.2, -0.15) is 4.31 Å². The number of nitrogens with zero attached hydrogens (tertiary/aromatic N) is 3. The highest BCUT2D eigenvalue weighted by molar-refractivity contribution is 7.89. The molecule has 3 aromatic rings. The molecule has 0 bridgehead atoms. The molecule has 1 N–H and O–H groups in total. The monoisotopic (exact) mass is 490 g/mol. The highest BCUT2D eigenvalue weighted by atomic mass is 32.2. The first-order valence-electron chi connectivity index (χ1n) is 10.9. The Balaban J connectivity index is 1.82. The van der Waals surface area contributed by atoms with Crippen LogP contribution in [-0.2, 0) is 21.4 Å². The maximum Gasteiger partial charge on any atom is 0.262 e. The Labute approximate surface area is 198 Å². The van der Waals surface area contributed by atoms with Gasteiger partial charge in [0.15, 0.2) is 0 Å². The summed E-state index contributed by atoms with van der Waals surface area (Å²) in [6, 6.07) is 3.13. The molecule has 2 aromatic heterocycles. The molecular weight excluding hydrogens is 460 g/mol. The van der Waals surface area contributed by atoms with Crippen molar-refractivity contribution in [2.75, 3.05) is 18.4 Å². The molecule has 0 atom stereocenters. The highest BCUT2D eigenvalue weighted by Crippen LogP contribution is 2.27. The normalized spacial score (nSPS) is 12.0. The molecule has 0 radical (unpaired) electrons. The van der Waals surface area contributed by atoms with Crippen molar-refractivity contribution in [2.24, 2.45) is 0 Å². The lowest BCUT2D eigenvalue weighted by Gasteiger charge is -2.20. The van der Waals surface area contributed by atoms with Gasteiger partial charge in [0.1, 0.15) is 4.83 Å². The Morgan fingerprint density at radius 3 is 2.42 bits per heavy atom. The van der Waals surface area contributed by atoms with E-state index in [9.17, 15) is 18.0 Å². The Bertz CT molecular complexity index is 1370. The van der Waals surface area contributed by atoms with Crippen LogP contribution in [0.1, 0.15) is 41.8 Å². The molecule has 0 spiro atoms. The number of hydrogen-bond acceptors (Lipinski definition) is 6. The number of aryl methyl sites for hydroxylation is 4. The smallest absolute Gasteiger partial charge is 0.262 e. The molecule has 0 aliphatic carbocycles. The fourth-order valence-corrected chi connectivity index (χ4v) is 6.24. The molecule has 10 heteroatoms. The van der Waals surface area contributed by atoms with Crippen LogP contribution in [0, 0.1) is 27.7 Å². The molecule has 33 heavy (non-hydrogen) atoms. The molecule has 0 unspecified atom stereocenters. The first kappa shape index (κ1) is 25.1. The van der Waals surface area contributed by atoms with Gasteiger partial charge >= 0.3 is 0 Å². The van der Waals surface area contributed by atoms with Gasteiger partial charge < -0.3 is 5.32 Å². The number of carbonyl (C=O) groups is 1. The largest absolute Gasteiger partial charge is 0.326 e. The Morgan fingerprint density at radius 1 is 1.12 bits per heavy atom. The molecule has 1 aromatic carbocycles. The molecule has 0 aliphatic heterocycles. The summed E-state index contributed by atoms with van der Waals surface area (Å²) in [6.45, 7) is 12.0. The molecular formula is C23H30N4O4S2. The second kappa shape index (κ2) is 9.74. The number of aromatic nitrogens is 2. The van der Waals surface area contributed by atoms with E-state index in [4.69, 9.17) is 0 Å². The standard InChI is InChI=1S/C23H30N4O4S2/c1-7-27(8-2)33(30,31)18-11-14(3)15(4)19(12-18)25-20(28)9-10-26-13-24-22-21(23(26)29)16(5)17(6)32-22/h11-13H,7-10H2,1-6H3,(H,25,28). The highest BCUT2D eigenvalue weighted by Gasteiger charge is 2.23. The van der Waals surface area contributed by atoms with E-state index in [1.807, 2.05) is 27.7 Å². The zero-order chi connectivity index (χ0) is 24.5. The van der Waals surface area contributed by atoms with Gasteiger partial charge in [-0.15, -0.1) is 11.3 Å². The van der Waals surface area contributed by atoms with Crippen LogP contribution in [0.25, 0.3) is 10.2 Å². The van der Waals surface area contributed by atoms with Gasteiger partial charge in [0.05, 0.1) is 16.6 Å². The van der Waals surface area contributed by atoms with Gasteiger partial charge in [-0.25, -0.2) is 13.4 Å². The minimum absolute atomic E-state index is 0.0563. The molecule has 178 valence electrons. The van der Waals surface area contributed by atoms with Crippen molar-refractivity contribution in [3.63, 3.8) is 0 Å². The summed E-state index contributed by atoms with van der Waals surface area (Å²) in [5, 5.41) is 3.42. The number of amides is 1. The number of benzene rings is 1. The topological polar surface area (TPSA) is 101 Å². The van der Waals surface area contributed by atoms with Crippen LogP contribution in [0.5, 0.6) is 0 Å². The molecule has 0 fully saturated rings. The van der Waals surface area contributed by atoms with Crippen LogP contribution in [0.2, 0.25) is 0 Å². The predicted octanol–water partition coefficient (Wildman–Crippen LogP) is 3.75. The number of anilines is 1. The first-order chi connectivity index (χ1) is 15.5. The Kier molecular flexibility index (Phi) is 7.40. The summed E-state index contributed by atoms with van der Waals surface area (Å²) >= 11 is 1.48. The van der Waals surface area contributed by atoms with E-state index < -0.39 is 10.0 Å². The van der Waals surface area contributed by atoms with E-state index in [0.717, 1.165) is 21.6 Å². The van der Waals surface area contributed by atoms with Gasteiger partial charge in [-0.05, 0) is 56.5 Å². The number of fused-ring (bicyclic) bond motifs is 1. The second-order valence-electron chi connectivity index (χ2n) is 8.01. The van der Waals surface area contributed by atoms with Crippen LogP contribution >= 0.6 is 11.3 Å². The zero-order valence-corrected chi connectivity index (χ0v) is 21.5. The SMILES string of the molecule is CCN(CC)S(=O)(=O)c1cc(C)c(C)c(NC(=O)CCn2cnc3sc(C)c(C)c3c2=O)c1. The van der Waals surface area contributed by atoms with Crippen molar-refractivity contribution in [3.05, 3.63) is 50.4 Å². The average Bonchev–Trinajstić information content (AvgIpc) is 3.05. The quantitative estimate of drug-likeness (QED) is 0.518. The Morgan fingerprint density at radius 2 is 1.79 bits per heavy atom. The van der Waals surface area contributed by atoms with Crippen LogP contribution in [-0.4, -0.2) is 41.3 Å². The molecule has 3 rings (SSSR count). The van der Waals surface area contributed by atoms with Gasteiger partial charge in [-0.1, -0.05) is 13.8 Å². The number of hydrogen-bond donors (Lipinski definition) is 1. The van der Waals surface area contributed by atoms with E-state index in [2.05, 4.69) is 10.3 Å². The average molecular weight is 491 g/mol. The van der Waals surface area contributed by atoms with Crippen molar-refractivity contribution >= 4 is 43.2 Å². The molecule has 0 saturated heterocycles. The third kappa shape index (κ3) is 4.87. The van der Waals surface area contributed by atoms with Crippen molar-refractivity contribution in [1.82, 2.24) is 13.9 Å². The van der Waals surface area contributed by atoms with Crippen molar-refractivity contribution in [3.8, 4) is 0 Å². The van der Waals surface area contributed by atoms with Crippen molar-refractivity contribution < 1.29 is 13.2 Å². The fourth-order valence-electron chi connectivity index (χ4n) is 3.68. The summed E-state index contributed by atoms with van der Waals surface area (Å²) < 4.78 is 28.7. The summed E-state index contributed by atoms with van der Waals surface area (Å²) in [5.74, 6) is -0.305. The molecule has 0 aliphatic rings. The van der Waals surface area contributed by atoms with Crippen molar-refractivity contribution in [2.45, 2.75) is 59.4 Å². The summed E-state index contributed by atoms with van der Waals surface area (Å²) in [5.41, 5.74) is 2.78. The molecule has 2 heterocycles. The number of sulfonamides is 1. The van der Waals surface area contributed by atoms with E-state index in [1.54, 1.807) is 19.9 Å². The first-order valence-corrected chi connectivity index (χ1v) is 13.1. The van der Waals surface area contributed by atoms with Crippen LogP contribution < -0.4 is 10.9 Å². The van der Waals surface area contributed by atoms with Gasteiger partial charge in [-0.3, -0.25) is 14.2 Å². The molecule has 0 saturated carbocycles. The van der Waals surface area contributed by atoms with Gasteiger partial charge in [0.2, 0.25) is 15.9 Å². The van der Waals surface area contributed by atoms with E-state index in [-0.39, 0.29) is 29.3 Å². The third-order valence-electron chi connectivity index (χ3n) is 5.99. The van der Waals surface area contributed by atoms with Crippen LogP contribution in [0.15, 0.2) is 28.2 Å². The zero-order valence-electron chi connectivity index (χ0n) is 19.9. The number of nitrogens with one attached hydrogen (secondary N) is 1. The fraction of sp³-hybridized carbons (Fsp3) is 0.435. The van der Waals surface area contributed by atoms with Gasteiger partial charge in [0.25, 0.3) is 5.56 Å². The maximum absolute atomic E-state index is 12.9. The number of rotatable bonds is 8. The summed E-state index contributed by atoms with van der Waals surface area (Å²) in [7, 11) is -3.65. The van der Waals surface area contributed by atoms with E-state index in [1.165, 1.54) is 32.6 Å². The minimum atomic E-state index is -3.65. The van der Waals surface area contributed by atoms with Crippen molar-refractivity contribution in [1.29, 1.82) is 0 Å². The lowest BCUT2D eigenvalue weighted by atomic mass is 10.1. The second-order valence-corrected chi connectivity index (χ2v) is 11.1. The molecule has 8 nitrogen and oxygen atoms in total. The number of thiophene rings is 1. The lowest BCUT2D eigenvalue weighted by Crippen LogP contribution is -2.30. The van der Waals surface area contributed by atoms with Crippen LogP contribution in [0.4, 0.5) is 5.69 Å². The van der Waals surface area contributed by atoms with Gasteiger partial charge in [0, 0.05) is 36.6 Å². The van der Waals surface area contributed by atoms with E-state index in [0.29, 0.717) is 29.0 Å². The van der Waals surface area contributed by atoms with Crippen LogP contribution in [0.3, 0.4) is 0 Å². The minimum Gasteiger partial charge on any atom is -0.326 e. The predicted molar refractivity (Wildman–Crippen MR) is 133 cm³/mol. The van der Waals surface area contributed by atoms with E-state index >= 15 is 0 Å². The third-order valence-corrected chi connectivity index (χ3v) is 9.14. The molecule has 1 amide bonds. The summed E-state index contributed by atoms with van der Waals surface area (Å²) in [4.78, 5) is 31.8. The summed E-state index contributed by atoms with van der Waals surface area (Å²) in [6.07, 6.45) is 1.53.